The zero-order valence-corrected chi connectivity index (χ0v) is 14.3. The second kappa shape index (κ2) is 9.11. The fourth-order valence-electron chi connectivity index (χ4n) is 1.91. The molecule has 0 saturated carbocycles. The van der Waals surface area contributed by atoms with Crippen molar-refractivity contribution in [2.45, 2.75) is 24.9 Å². The quantitative estimate of drug-likeness (QED) is 0.498. The molecule has 0 aliphatic rings. The summed E-state index contributed by atoms with van der Waals surface area (Å²) in [6, 6.07) is 6.16. The molecule has 0 N–H and O–H groups in total. The van der Waals surface area contributed by atoms with Gasteiger partial charge in [0, 0.05) is 13.6 Å². The van der Waals surface area contributed by atoms with Crippen LogP contribution in [0.1, 0.15) is 5.56 Å². The highest BCUT2D eigenvalue weighted by molar-refractivity contribution is 7.99. The Kier molecular flexibility index (Phi) is 6.87. The lowest BCUT2D eigenvalue weighted by molar-refractivity contribution is -0.127. The second-order valence-corrected chi connectivity index (χ2v) is 5.94. The number of nitrogens with zero attached hydrogens (tertiary/aromatic N) is 5. The summed E-state index contributed by atoms with van der Waals surface area (Å²) in [7, 11) is 1.67. The van der Waals surface area contributed by atoms with Crippen molar-refractivity contribution in [1.82, 2.24) is 25.1 Å². The first-order valence-electron chi connectivity index (χ1n) is 7.27. The van der Waals surface area contributed by atoms with Crippen molar-refractivity contribution in [2.75, 3.05) is 12.8 Å². The van der Waals surface area contributed by atoms with Crippen LogP contribution in [0.4, 0.5) is 8.78 Å². The Morgan fingerprint density at radius 2 is 2.16 bits per heavy atom. The molecule has 0 bridgehead atoms. The third-order valence-electron chi connectivity index (χ3n) is 3.12. The molecule has 1 aromatic carbocycles. The number of carbonyl (C=O) groups excluding carboxylic acids is 1. The molecule has 0 radical (unpaired) electrons. The van der Waals surface area contributed by atoms with Crippen LogP contribution in [0.5, 0.6) is 5.75 Å². The predicted molar refractivity (Wildman–Crippen MR) is 88.3 cm³/mol. The molecule has 25 heavy (non-hydrogen) atoms. The monoisotopic (exact) mass is 369 g/mol. The highest BCUT2D eigenvalue weighted by Crippen LogP contribution is 2.17. The van der Waals surface area contributed by atoms with Crippen LogP contribution in [0.2, 0.25) is 0 Å². The van der Waals surface area contributed by atoms with Gasteiger partial charge in [0.25, 0.3) is 0 Å². The highest BCUT2D eigenvalue weighted by atomic mass is 32.2. The van der Waals surface area contributed by atoms with Gasteiger partial charge in [-0.1, -0.05) is 30.0 Å². The van der Waals surface area contributed by atoms with Crippen molar-refractivity contribution in [2.24, 2.45) is 0 Å². The van der Waals surface area contributed by atoms with E-state index < -0.39 is 6.61 Å². The van der Waals surface area contributed by atoms with Gasteiger partial charge in [-0.2, -0.15) is 8.78 Å². The summed E-state index contributed by atoms with van der Waals surface area (Å²) in [5.41, 5.74) is 0.805. The molecule has 0 fully saturated rings. The SMILES string of the molecule is C=CCn1nnnc1SCC(=O)N(C)Cc1ccc(OC(F)F)cc1. The van der Waals surface area contributed by atoms with Crippen LogP contribution in [0.15, 0.2) is 42.1 Å². The van der Waals surface area contributed by atoms with E-state index in [0.29, 0.717) is 18.2 Å². The van der Waals surface area contributed by atoms with Crippen molar-refractivity contribution < 1.29 is 18.3 Å². The van der Waals surface area contributed by atoms with E-state index in [4.69, 9.17) is 0 Å². The molecule has 0 atom stereocenters. The minimum atomic E-state index is -2.86. The van der Waals surface area contributed by atoms with Gasteiger partial charge in [0.2, 0.25) is 11.1 Å². The van der Waals surface area contributed by atoms with Crippen molar-refractivity contribution in [1.29, 1.82) is 0 Å². The van der Waals surface area contributed by atoms with Gasteiger partial charge in [-0.25, -0.2) is 4.68 Å². The maximum absolute atomic E-state index is 12.2. The van der Waals surface area contributed by atoms with Gasteiger partial charge >= 0.3 is 6.61 Å². The highest BCUT2D eigenvalue weighted by Gasteiger charge is 2.13. The minimum Gasteiger partial charge on any atom is -0.435 e. The lowest BCUT2D eigenvalue weighted by Gasteiger charge is -2.17. The number of thioether (sulfide) groups is 1. The van der Waals surface area contributed by atoms with Crippen molar-refractivity contribution in [3.63, 3.8) is 0 Å². The largest absolute Gasteiger partial charge is 0.435 e. The van der Waals surface area contributed by atoms with Crippen LogP contribution < -0.4 is 4.74 Å². The average Bonchev–Trinajstić information content (AvgIpc) is 3.01. The van der Waals surface area contributed by atoms with Gasteiger partial charge in [-0.3, -0.25) is 4.79 Å². The lowest BCUT2D eigenvalue weighted by Crippen LogP contribution is -2.27. The van der Waals surface area contributed by atoms with Gasteiger partial charge in [-0.15, -0.1) is 11.7 Å². The second-order valence-electron chi connectivity index (χ2n) is 4.99. The number of alkyl halides is 2. The molecule has 0 aliphatic heterocycles. The van der Waals surface area contributed by atoms with E-state index in [1.165, 1.54) is 28.8 Å². The smallest absolute Gasteiger partial charge is 0.387 e. The summed E-state index contributed by atoms with van der Waals surface area (Å²) in [6.45, 7) is 1.58. The predicted octanol–water partition coefficient (Wildman–Crippen LogP) is 2.21. The molecule has 1 amide bonds. The number of ether oxygens (including phenoxy) is 1. The minimum absolute atomic E-state index is 0.0809. The molecule has 0 aliphatic carbocycles. The fourth-order valence-corrected chi connectivity index (χ4v) is 2.74. The van der Waals surface area contributed by atoms with E-state index >= 15 is 0 Å². The van der Waals surface area contributed by atoms with Crippen LogP contribution >= 0.6 is 11.8 Å². The van der Waals surface area contributed by atoms with E-state index in [1.807, 2.05) is 0 Å². The van der Waals surface area contributed by atoms with Gasteiger partial charge in [-0.05, 0) is 28.1 Å². The first kappa shape index (κ1) is 18.8. The van der Waals surface area contributed by atoms with Crippen LogP contribution in [0.3, 0.4) is 0 Å². The first-order valence-corrected chi connectivity index (χ1v) is 8.25. The number of tetrazole rings is 1. The van der Waals surface area contributed by atoms with E-state index in [0.717, 1.165) is 5.56 Å². The van der Waals surface area contributed by atoms with Crippen molar-refractivity contribution in [3.05, 3.63) is 42.5 Å². The van der Waals surface area contributed by atoms with Crippen molar-refractivity contribution >= 4 is 17.7 Å². The maximum atomic E-state index is 12.2. The molecule has 0 saturated heterocycles. The zero-order valence-electron chi connectivity index (χ0n) is 13.5. The zero-order chi connectivity index (χ0) is 18.2. The molecule has 0 spiro atoms. The fraction of sp³-hybridized carbons (Fsp3) is 0.333. The summed E-state index contributed by atoms with van der Waals surface area (Å²) in [5, 5.41) is 11.8. The summed E-state index contributed by atoms with van der Waals surface area (Å²) in [4.78, 5) is 13.7. The lowest BCUT2D eigenvalue weighted by atomic mass is 10.2. The Labute approximate surface area is 147 Å². The van der Waals surface area contributed by atoms with Crippen LogP contribution in [-0.2, 0) is 17.9 Å². The number of aromatic nitrogens is 4. The number of hydrogen-bond acceptors (Lipinski definition) is 6. The number of allylic oxidation sites excluding steroid dienone is 1. The first-order chi connectivity index (χ1) is 12.0. The number of hydrogen-bond donors (Lipinski definition) is 0. The van der Waals surface area contributed by atoms with Gasteiger partial charge in [0.1, 0.15) is 5.75 Å². The molecule has 10 heteroatoms. The summed E-state index contributed by atoms with van der Waals surface area (Å²) in [6.07, 6.45) is 1.66. The Bertz CT molecular complexity index is 708. The molecular weight excluding hydrogens is 352 g/mol. The Balaban J connectivity index is 1.85. The maximum Gasteiger partial charge on any atom is 0.387 e. The normalized spacial score (nSPS) is 10.7. The third-order valence-corrected chi connectivity index (χ3v) is 4.06. The average molecular weight is 369 g/mol. The van der Waals surface area contributed by atoms with Gasteiger partial charge in [0.05, 0.1) is 12.3 Å². The van der Waals surface area contributed by atoms with Crippen molar-refractivity contribution in [3.8, 4) is 5.75 Å². The number of rotatable bonds is 9. The molecule has 2 rings (SSSR count). The standard InChI is InChI=1S/C15H17F2N5O2S/c1-3-8-22-15(18-19-20-22)25-10-13(23)21(2)9-11-4-6-12(7-5-11)24-14(16)17/h3-7,14H,1,8-10H2,2H3. The molecular formula is C15H17F2N5O2S. The Morgan fingerprint density at radius 3 is 2.80 bits per heavy atom. The Morgan fingerprint density at radius 1 is 1.44 bits per heavy atom. The van der Waals surface area contributed by atoms with Crippen LogP contribution in [0, 0.1) is 0 Å². The molecule has 1 heterocycles. The van der Waals surface area contributed by atoms with E-state index in [2.05, 4.69) is 26.8 Å². The number of carbonyl (C=O) groups is 1. The molecule has 7 nitrogen and oxygen atoms in total. The number of benzene rings is 1. The number of halogens is 2. The van der Waals surface area contributed by atoms with Gasteiger partial charge < -0.3 is 9.64 Å². The Hall–Kier alpha value is -2.49. The van der Waals surface area contributed by atoms with Crippen LogP contribution in [-0.4, -0.2) is 50.4 Å². The van der Waals surface area contributed by atoms with E-state index in [1.54, 1.807) is 29.9 Å². The summed E-state index contributed by atoms with van der Waals surface area (Å²) >= 11 is 1.23. The molecule has 0 unspecified atom stereocenters. The molecule has 2 aromatic rings. The summed E-state index contributed by atoms with van der Waals surface area (Å²) < 4.78 is 30.1. The van der Waals surface area contributed by atoms with E-state index in [9.17, 15) is 13.6 Å². The molecule has 1 aromatic heterocycles. The summed E-state index contributed by atoms with van der Waals surface area (Å²) in [5.74, 6) is 0.157. The van der Waals surface area contributed by atoms with E-state index in [-0.39, 0.29) is 17.4 Å². The third kappa shape index (κ3) is 5.82. The topological polar surface area (TPSA) is 73.1 Å². The number of amides is 1. The van der Waals surface area contributed by atoms with Crippen LogP contribution in [0.25, 0.3) is 0 Å². The van der Waals surface area contributed by atoms with Gasteiger partial charge in [0.15, 0.2) is 0 Å². The molecule has 134 valence electrons.